The SMILES string of the molecule is Cc1cnc(SCCCOc2cccc(C(=O)O)c2)nc1. The van der Waals surface area contributed by atoms with E-state index in [-0.39, 0.29) is 5.56 Å². The molecule has 0 aliphatic carbocycles. The average Bonchev–Trinajstić information content (AvgIpc) is 2.49. The lowest BCUT2D eigenvalue weighted by Crippen LogP contribution is -2.01. The first kappa shape index (κ1) is 15.3. The van der Waals surface area contributed by atoms with Gasteiger partial charge in [0.2, 0.25) is 0 Å². The molecule has 1 aromatic heterocycles. The molecule has 2 rings (SSSR count). The monoisotopic (exact) mass is 304 g/mol. The summed E-state index contributed by atoms with van der Waals surface area (Å²) in [7, 11) is 0. The summed E-state index contributed by atoms with van der Waals surface area (Å²) in [5, 5.41) is 9.65. The number of hydrogen-bond acceptors (Lipinski definition) is 5. The minimum Gasteiger partial charge on any atom is -0.494 e. The highest BCUT2D eigenvalue weighted by Gasteiger charge is 2.03. The van der Waals surface area contributed by atoms with Gasteiger partial charge in [-0.15, -0.1) is 0 Å². The van der Waals surface area contributed by atoms with E-state index < -0.39 is 5.97 Å². The van der Waals surface area contributed by atoms with Crippen molar-refractivity contribution >= 4 is 17.7 Å². The van der Waals surface area contributed by atoms with E-state index in [2.05, 4.69) is 9.97 Å². The second-order valence-electron chi connectivity index (χ2n) is 4.43. The molecular formula is C15H16N2O3S. The normalized spacial score (nSPS) is 10.3. The predicted octanol–water partition coefficient (Wildman–Crippen LogP) is 3.04. The molecule has 0 bridgehead atoms. The Morgan fingerprint density at radius 3 is 2.81 bits per heavy atom. The maximum atomic E-state index is 10.8. The molecule has 0 spiro atoms. The lowest BCUT2D eigenvalue weighted by atomic mass is 10.2. The summed E-state index contributed by atoms with van der Waals surface area (Å²) in [5.41, 5.74) is 1.27. The molecule has 1 aromatic carbocycles. The quantitative estimate of drug-likeness (QED) is 0.481. The Morgan fingerprint density at radius 2 is 2.10 bits per heavy atom. The first-order valence-corrected chi connectivity index (χ1v) is 7.51. The fraction of sp³-hybridized carbons (Fsp3) is 0.267. The van der Waals surface area contributed by atoms with Gasteiger partial charge in [0.15, 0.2) is 5.16 Å². The minimum atomic E-state index is -0.951. The average molecular weight is 304 g/mol. The Labute approximate surface area is 127 Å². The Kier molecular flexibility index (Phi) is 5.57. The Bertz CT molecular complexity index is 602. The van der Waals surface area contributed by atoms with Gasteiger partial charge in [0.25, 0.3) is 0 Å². The standard InChI is InChI=1S/C15H16N2O3S/c1-11-9-16-15(17-10-11)21-7-3-6-20-13-5-2-4-12(8-13)14(18)19/h2,4-5,8-10H,3,6-7H2,1H3,(H,18,19). The summed E-state index contributed by atoms with van der Waals surface area (Å²) in [6.45, 7) is 2.48. The van der Waals surface area contributed by atoms with Crippen molar-refractivity contribution in [3.63, 3.8) is 0 Å². The van der Waals surface area contributed by atoms with Crippen LogP contribution in [0, 0.1) is 6.92 Å². The number of carboxylic acids is 1. The van der Waals surface area contributed by atoms with E-state index in [1.165, 1.54) is 6.07 Å². The largest absolute Gasteiger partial charge is 0.494 e. The van der Waals surface area contributed by atoms with Crippen LogP contribution in [0.25, 0.3) is 0 Å². The zero-order valence-corrected chi connectivity index (χ0v) is 12.5. The zero-order chi connectivity index (χ0) is 15.1. The topological polar surface area (TPSA) is 72.3 Å². The molecule has 0 unspecified atom stereocenters. The van der Waals surface area contributed by atoms with Crippen molar-refractivity contribution in [3.8, 4) is 5.75 Å². The number of rotatable bonds is 7. The molecular weight excluding hydrogens is 288 g/mol. The van der Waals surface area contributed by atoms with Crippen molar-refractivity contribution < 1.29 is 14.6 Å². The van der Waals surface area contributed by atoms with Crippen LogP contribution in [0.1, 0.15) is 22.3 Å². The molecule has 0 aliphatic rings. The molecule has 2 aromatic rings. The summed E-state index contributed by atoms with van der Waals surface area (Å²) in [5.74, 6) is 0.473. The molecule has 1 heterocycles. The van der Waals surface area contributed by atoms with Crippen molar-refractivity contribution in [3.05, 3.63) is 47.8 Å². The maximum Gasteiger partial charge on any atom is 0.335 e. The Hall–Kier alpha value is -2.08. The number of ether oxygens (including phenoxy) is 1. The van der Waals surface area contributed by atoms with E-state index in [9.17, 15) is 4.79 Å². The molecule has 6 heteroatoms. The molecule has 0 radical (unpaired) electrons. The summed E-state index contributed by atoms with van der Waals surface area (Å²) in [4.78, 5) is 19.3. The fourth-order valence-corrected chi connectivity index (χ4v) is 2.29. The molecule has 21 heavy (non-hydrogen) atoms. The second-order valence-corrected chi connectivity index (χ2v) is 5.49. The van der Waals surface area contributed by atoms with Crippen LogP contribution in [0.4, 0.5) is 0 Å². The van der Waals surface area contributed by atoms with Crippen molar-refractivity contribution in [1.82, 2.24) is 9.97 Å². The number of benzene rings is 1. The van der Waals surface area contributed by atoms with Crippen LogP contribution in [0.2, 0.25) is 0 Å². The number of aromatic carboxylic acids is 1. The van der Waals surface area contributed by atoms with Gasteiger partial charge in [0.1, 0.15) is 5.75 Å². The van der Waals surface area contributed by atoms with Crippen molar-refractivity contribution in [1.29, 1.82) is 0 Å². The number of carboxylic acid groups (broad SMARTS) is 1. The van der Waals surface area contributed by atoms with E-state index in [1.54, 1.807) is 42.4 Å². The van der Waals surface area contributed by atoms with Gasteiger partial charge < -0.3 is 9.84 Å². The highest BCUT2D eigenvalue weighted by molar-refractivity contribution is 7.99. The maximum absolute atomic E-state index is 10.8. The van der Waals surface area contributed by atoms with Gasteiger partial charge in [0.05, 0.1) is 12.2 Å². The number of aryl methyl sites for hydroxylation is 1. The van der Waals surface area contributed by atoms with Gasteiger partial charge in [-0.2, -0.15) is 0 Å². The molecule has 1 N–H and O–H groups in total. The fourth-order valence-electron chi connectivity index (χ4n) is 1.59. The first-order valence-electron chi connectivity index (χ1n) is 6.53. The van der Waals surface area contributed by atoms with Gasteiger partial charge in [0, 0.05) is 18.1 Å². The van der Waals surface area contributed by atoms with Gasteiger partial charge in [-0.1, -0.05) is 17.8 Å². The number of carbonyl (C=O) groups is 1. The molecule has 0 fully saturated rings. The summed E-state index contributed by atoms with van der Waals surface area (Å²) >= 11 is 1.58. The highest BCUT2D eigenvalue weighted by Crippen LogP contribution is 2.16. The molecule has 5 nitrogen and oxygen atoms in total. The smallest absolute Gasteiger partial charge is 0.335 e. The van der Waals surface area contributed by atoms with Gasteiger partial charge in [-0.05, 0) is 37.1 Å². The van der Waals surface area contributed by atoms with Crippen molar-refractivity contribution in [2.24, 2.45) is 0 Å². The van der Waals surface area contributed by atoms with Gasteiger partial charge in [-0.3, -0.25) is 0 Å². The molecule has 0 saturated carbocycles. The third-order valence-corrected chi connectivity index (χ3v) is 3.59. The first-order chi connectivity index (χ1) is 10.1. The van der Waals surface area contributed by atoms with E-state index >= 15 is 0 Å². The van der Waals surface area contributed by atoms with Crippen LogP contribution in [0.5, 0.6) is 5.75 Å². The third kappa shape index (κ3) is 5.07. The zero-order valence-electron chi connectivity index (χ0n) is 11.7. The predicted molar refractivity (Wildman–Crippen MR) is 81.0 cm³/mol. The van der Waals surface area contributed by atoms with Gasteiger partial charge in [-0.25, -0.2) is 14.8 Å². The molecule has 0 atom stereocenters. The lowest BCUT2D eigenvalue weighted by molar-refractivity contribution is 0.0696. The van der Waals surface area contributed by atoms with Crippen molar-refractivity contribution in [2.75, 3.05) is 12.4 Å². The Balaban J connectivity index is 1.71. The van der Waals surface area contributed by atoms with Crippen LogP contribution >= 0.6 is 11.8 Å². The van der Waals surface area contributed by atoms with E-state index in [4.69, 9.17) is 9.84 Å². The summed E-state index contributed by atoms with van der Waals surface area (Å²) in [6.07, 6.45) is 4.42. The number of hydrogen-bond donors (Lipinski definition) is 1. The molecule has 0 aliphatic heterocycles. The van der Waals surface area contributed by atoms with Crippen LogP contribution in [-0.2, 0) is 0 Å². The molecule has 110 valence electrons. The number of aromatic nitrogens is 2. The van der Waals surface area contributed by atoms with Crippen LogP contribution in [-0.4, -0.2) is 33.4 Å². The van der Waals surface area contributed by atoms with Gasteiger partial charge >= 0.3 is 5.97 Å². The molecule has 0 saturated heterocycles. The second kappa shape index (κ2) is 7.64. The third-order valence-electron chi connectivity index (χ3n) is 2.63. The number of nitrogens with zero attached hydrogens (tertiary/aromatic N) is 2. The van der Waals surface area contributed by atoms with Crippen LogP contribution in [0.15, 0.2) is 41.8 Å². The van der Waals surface area contributed by atoms with Crippen LogP contribution in [0.3, 0.4) is 0 Å². The van der Waals surface area contributed by atoms with Crippen molar-refractivity contribution in [2.45, 2.75) is 18.5 Å². The highest BCUT2D eigenvalue weighted by atomic mass is 32.2. The Morgan fingerprint density at radius 1 is 1.33 bits per heavy atom. The van der Waals surface area contributed by atoms with E-state index in [0.717, 1.165) is 22.9 Å². The number of thioether (sulfide) groups is 1. The van der Waals surface area contributed by atoms with Crippen LogP contribution < -0.4 is 4.74 Å². The minimum absolute atomic E-state index is 0.231. The summed E-state index contributed by atoms with van der Waals surface area (Å²) in [6, 6.07) is 6.49. The molecule has 0 amide bonds. The lowest BCUT2D eigenvalue weighted by Gasteiger charge is -2.06. The van der Waals surface area contributed by atoms with E-state index in [0.29, 0.717) is 12.4 Å². The van der Waals surface area contributed by atoms with E-state index in [1.807, 2.05) is 6.92 Å². The summed E-state index contributed by atoms with van der Waals surface area (Å²) < 4.78 is 5.54.